The van der Waals surface area contributed by atoms with Crippen LogP contribution in [0.2, 0.25) is 0 Å². The molecular formula is C20H17N5O. The number of benzene rings is 2. The van der Waals surface area contributed by atoms with Gasteiger partial charge >= 0.3 is 0 Å². The van der Waals surface area contributed by atoms with Crippen LogP contribution in [0.15, 0.2) is 48.7 Å². The minimum absolute atomic E-state index is 0.0939. The number of hydrogen-bond donors (Lipinski definition) is 1. The van der Waals surface area contributed by atoms with Gasteiger partial charge in [0.05, 0.1) is 23.3 Å². The van der Waals surface area contributed by atoms with Crippen LogP contribution in [-0.2, 0) is 13.6 Å². The number of rotatable bonds is 3. The molecule has 6 heteroatoms. The molecule has 0 saturated carbocycles. The van der Waals surface area contributed by atoms with E-state index in [4.69, 9.17) is 11.0 Å². The molecule has 1 amide bonds. The zero-order valence-electron chi connectivity index (χ0n) is 14.3. The summed E-state index contributed by atoms with van der Waals surface area (Å²) in [4.78, 5) is 14.4. The lowest BCUT2D eigenvalue weighted by Gasteiger charge is -2.12. The highest BCUT2D eigenvalue weighted by molar-refractivity contribution is 6.05. The average molecular weight is 343 g/mol. The van der Waals surface area contributed by atoms with E-state index < -0.39 is 0 Å². The molecule has 0 atom stereocenters. The Hall–Kier alpha value is -3.59. The molecule has 2 heterocycles. The standard InChI is InChI=1S/C20H17N5O/c1-24-18-10-13(4-5-14(18)11-23-24)15-6-7-17(22)19-16(15)12-25(20(19)26)9-3-2-8-21/h2-7,10-11H,9,12,22H2,1H3/b3-2-. The van der Waals surface area contributed by atoms with Gasteiger partial charge in [0.25, 0.3) is 5.91 Å². The van der Waals surface area contributed by atoms with Gasteiger partial charge in [-0.25, -0.2) is 0 Å². The number of allylic oxidation sites excluding steroid dienone is 1. The minimum atomic E-state index is -0.0939. The maximum atomic E-state index is 12.7. The fourth-order valence-corrected chi connectivity index (χ4v) is 3.47. The molecule has 1 aromatic heterocycles. The fraction of sp³-hybridized carbons (Fsp3) is 0.150. The highest BCUT2D eigenvalue weighted by atomic mass is 16.2. The van der Waals surface area contributed by atoms with Crippen LogP contribution in [0.4, 0.5) is 5.69 Å². The number of anilines is 1. The maximum Gasteiger partial charge on any atom is 0.256 e. The number of carbonyl (C=O) groups is 1. The average Bonchev–Trinajstić information content (AvgIpc) is 3.17. The molecule has 0 fully saturated rings. The lowest BCUT2D eigenvalue weighted by Crippen LogP contribution is -2.24. The second-order valence-corrected chi connectivity index (χ2v) is 6.31. The Morgan fingerprint density at radius 3 is 3.00 bits per heavy atom. The molecule has 0 unspecified atom stereocenters. The smallest absolute Gasteiger partial charge is 0.256 e. The third kappa shape index (κ3) is 2.42. The minimum Gasteiger partial charge on any atom is -0.398 e. The van der Waals surface area contributed by atoms with Crippen molar-refractivity contribution in [3.05, 3.63) is 59.8 Å². The SMILES string of the molecule is Cn1ncc2ccc(-c3ccc(N)c4c3CN(C/C=C\C#N)C4=O)cc21. The van der Waals surface area contributed by atoms with E-state index in [9.17, 15) is 4.79 Å². The summed E-state index contributed by atoms with van der Waals surface area (Å²) in [6.07, 6.45) is 4.90. The van der Waals surface area contributed by atoms with E-state index in [0.717, 1.165) is 27.6 Å². The number of aryl methyl sites for hydroxylation is 1. The summed E-state index contributed by atoms with van der Waals surface area (Å²) in [7, 11) is 1.91. The van der Waals surface area contributed by atoms with E-state index in [1.165, 1.54) is 6.08 Å². The Morgan fingerprint density at radius 2 is 2.19 bits per heavy atom. The van der Waals surface area contributed by atoms with Crippen LogP contribution in [0.25, 0.3) is 22.0 Å². The van der Waals surface area contributed by atoms with Crippen LogP contribution < -0.4 is 5.73 Å². The van der Waals surface area contributed by atoms with Crippen LogP contribution in [0.5, 0.6) is 0 Å². The molecule has 2 N–H and O–H groups in total. The molecule has 0 bridgehead atoms. The van der Waals surface area contributed by atoms with Crippen LogP contribution in [0.3, 0.4) is 0 Å². The van der Waals surface area contributed by atoms with E-state index in [1.54, 1.807) is 17.0 Å². The molecule has 0 spiro atoms. The maximum absolute atomic E-state index is 12.7. The quantitative estimate of drug-likeness (QED) is 0.585. The lowest BCUT2D eigenvalue weighted by atomic mass is 9.95. The van der Waals surface area contributed by atoms with Crippen molar-refractivity contribution in [1.82, 2.24) is 14.7 Å². The molecule has 1 aliphatic rings. The molecule has 26 heavy (non-hydrogen) atoms. The van der Waals surface area contributed by atoms with Crippen molar-refractivity contribution in [2.45, 2.75) is 6.54 Å². The third-order valence-electron chi connectivity index (χ3n) is 4.77. The number of carbonyl (C=O) groups excluding carboxylic acids is 1. The second-order valence-electron chi connectivity index (χ2n) is 6.31. The van der Waals surface area contributed by atoms with Gasteiger partial charge in [0.15, 0.2) is 0 Å². The Morgan fingerprint density at radius 1 is 1.35 bits per heavy atom. The highest BCUT2D eigenvalue weighted by Crippen LogP contribution is 2.36. The first-order chi connectivity index (χ1) is 12.6. The number of fused-ring (bicyclic) bond motifs is 2. The number of nitrogens with zero attached hydrogens (tertiary/aromatic N) is 4. The summed E-state index contributed by atoms with van der Waals surface area (Å²) in [6, 6.07) is 11.8. The molecule has 1 aliphatic heterocycles. The van der Waals surface area contributed by atoms with Crippen LogP contribution >= 0.6 is 0 Å². The molecule has 0 aliphatic carbocycles. The van der Waals surface area contributed by atoms with Gasteiger partial charge in [-0.05, 0) is 28.8 Å². The molecule has 128 valence electrons. The van der Waals surface area contributed by atoms with Gasteiger partial charge in [-0.15, -0.1) is 0 Å². The van der Waals surface area contributed by atoms with E-state index >= 15 is 0 Å². The lowest BCUT2D eigenvalue weighted by molar-refractivity contribution is 0.0797. The van der Waals surface area contributed by atoms with Gasteiger partial charge in [0, 0.05) is 37.3 Å². The van der Waals surface area contributed by atoms with Gasteiger partial charge < -0.3 is 10.6 Å². The summed E-state index contributed by atoms with van der Waals surface area (Å²) in [5.74, 6) is -0.0939. The molecule has 0 radical (unpaired) electrons. The van der Waals surface area contributed by atoms with E-state index in [1.807, 2.05) is 42.2 Å². The van der Waals surface area contributed by atoms with Crippen LogP contribution in [-0.4, -0.2) is 27.1 Å². The van der Waals surface area contributed by atoms with Gasteiger partial charge in [-0.1, -0.05) is 24.3 Å². The Bertz CT molecular complexity index is 1100. The number of hydrogen-bond acceptors (Lipinski definition) is 4. The summed E-state index contributed by atoms with van der Waals surface area (Å²) in [6.45, 7) is 0.869. The second kappa shape index (κ2) is 6.05. The van der Waals surface area contributed by atoms with Crippen molar-refractivity contribution in [1.29, 1.82) is 5.26 Å². The zero-order valence-corrected chi connectivity index (χ0v) is 14.3. The van der Waals surface area contributed by atoms with Gasteiger partial charge in [-0.2, -0.15) is 10.4 Å². The number of nitrogens with two attached hydrogens (primary N) is 1. The number of aromatic nitrogens is 2. The Labute approximate surface area is 150 Å². The van der Waals surface area contributed by atoms with Crippen LogP contribution in [0, 0.1) is 11.3 Å². The first kappa shape index (κ1) is 15.9. The van der Waals surface area contributed by atoms with Crippen molar-refractivity contribution < 1.29 is 4.79 Å². The predicted molar refractivity (Wildman–Crippen MR) is 100 cm³/mol. The van der Waals surface area contributed by atoms with Crippen molar-refractivity contribution in [3.8, 4) is 17.2 Å². The van der Waals surface area contributed by atoms with Crippen molar-refractivity contribution in [2.75, 3.05) is 12.3 Å². The number of nitrogen functional groups attached to an aromatic ring is 1. The van der Waals surface area contributed by atoms with Gasteiger partial charge in [-0.3, -0.25) is 9.48 Å². The molecule has 6 nitrogen and oxygen atoms in total. The summed E-state index contributed by atoms with van der Waals surface area (Å²) in [5.41, 5.74) is 11.1. The first-order valence-electron chi connectivity index (χ1n) is 8.27. The molecule has 2 aromatic carbocycles. The largest absolute Gasteiger partial charge is 0.398 e. The van der Waals surface area contributed by atoms with Crippen LogP contribution in [0.1, 0.15) is 15.9 Å². The number of amides is 1. The highest BCUT2D eigenvalue weighted by Gasteiger charge is 2.31. The molecule has 4 rings (SSSR count). The monoisotopic (exact) mass is 343 g/mol. The Balaban J connectivity index is 1.80. The van der Waals surface area contributed by atoms with Crippen molar-refractivity contribution in [3.63, 3.8) is 0 Å². The van der Waals surface area contributed by atoms with Gasteiger partial charge in [0.2, 0.25) is 0 Å². The van der Waals surface area contributed by atoms with Crippen molar-refractivity contribution in [2.24, 2.45) is 7.05 Å². The van der Waals surface area contributed by atoms with E-state index in [-0.39, 0.29) is 5.91 Å². The molecule has 3 aromatic rings. The summed E-state index contributed by atoms with van der Waals surface area (Å²) >= 11 is 0. The fourth-order valence-electron chi connectivity index (χ4n) is 3.47. The topological polar surface area (TPSA) is 87.9 Å². The zero-order chi connectivity index (χ0) is 18.3. The normalized spacial score (nSPS) is 13.5. The molecule has 0 saturated heterocycles. The van der Waals surface area contributed by atoms with E-state index in [0.29, 0.717) is 24.3 Å². The van der Waals surface area contributed by atoms with Gasteiger partial charge in [0.1, 0.15) is 0 Å². The summed E-state index contributed by atoms with van der Waals surface area (Å²) in [5, 5.41) is 14.0. The molecular weight excluding hydrogens is 326 g/mol. The van der Waals surface area contributed by atoms with E-state index in [2.05, 4.69) is 11.2 Å². The number of nitriles is 1. The van der Waals surface area contributed by atoms with Crippen molar-refractivity contribution >= 4 is 22.5 Å². The summed E-state index contributed by atoms with van der Waals surface area (Å²) < 4.78 is 1.83. The predicted octanol–water partition coefficient (Wildman–Crippen LogP) is 2.86. The third-order valence-corrected chi connectivity index (χ3v) is 4.77. The first-order valence-corrected chi connectivity index (χ1v) is 8.27. The Kier molecular flexibility index (Phi) is 3.70.